The smallest absolute Gasteiger partial charge is 0.270 e. The Morgan fingerprint density at radius 3 is 2.08 bits per heavy atom. The Balaban J connectivity index is 1.55. The third-order valence-corrected chi connectivity index (χ3v) is 7.22. The Kier molecular flexibility index (Phi) is 6.48. The Labute approximate surface area is 214 Å². The molecule has 8 heteroatoms. The van der Waals surface area contributed by atoms with Crippen molar-refractivity contribution < 1.29 is 8.78 Å². The van der Waals surface area contributed by atoms with E-state index in [1.165, 1.54) is 24.3 Å². The number of aromatic nitrogens is 2. The van der Waals surface area contributed by atoms with Crippen molar-refractivity contribution in [3.05, 3.63) is 111 Å². The Morgan fingerprint density at radius 2 is 1.51 bits per heavy atom. The maximum atomic E-state index is 13.7. The van der Waals surface area contributed by atoms with Crippen LogP contribution in [0.3, 0.4) is 0 Å². The van der Waals surface area contributed by atoms with Gasteiger partial charge in [0.15, 0.2) is 0 Å². The van der Waals surface area contributed by atoms with Gasteiger partial charge in [-0.3, -0.25) is 9.69 Å². The fraction of sp³-hybridized carbons (Fsp3) is 0.276. The third kappa shape index (κ3) is 4.58. The van der Waals surface area contributed by atoms with Gasteiger partial charge in [-0.15, -0.1) is 4.98 Å². The highest BCUT2D eigenvalue weighted by atomic mass is 19.1. The van der Waals surface area contributed by atoms with E-state index in [2.05, 4.69) is 33.5 Å². The van der Waals surface area contributed by atoms with Crippen molar-refractivity contribution in [1.29, 1.82) is 0 Å². The van der Waals surface area contributed by atoms with E-state index in [0.29, 0.717) is 29.8 Å². The van der Waals surface area contributed by atoms with Crippen molar-refractivity contribution in [2.45, 2.75) is 32.0 Å². The molecule has 0 spiro atoms. The zero-order chi connectivity index (χ0) is 26.3. The molecule has 1 aliphatic heterocycles. The fourth-order valence-electron chi connectivity index (χ4n) is 5.30. The van der Waals surface area contributed by atoms with Crippen LogP contribution < -0.4 is 10.5 Å². The summed E-state index contributed by atoms with van der Waals surface area (Å²) >= 11 is 0. The van der Waals surface area contributed by atoms with Crippen LogP contribution in [0.15, 0.2) is 71.5 Å². The molecule has 0 aliphatic carbocycles. The standard InChI is InChI=1S/C29H27F2N5O/c1-18-17-36(29(20-5-9-22(30)10-6-20)21-7-11-23(31)12-8-21)19(2)16-35(18)25-15-27(37)34(4)24-13-14-26(32-3)33-28(24)25/h5-15,18-19,29H,16-17H2,1-2,4H3/t18-,19+/m1/s1. The van der Waals surface area contributed by atoms with E-state index in [1.807, 2.05) is 0 Å². The predicted octanol–water partition coefficient (Wildman–Crippen LogP) is 5.45. The molecule has 2 atom stereocenters. The summed E-state index contributed by atoms with van der Waals surface area (Å²) in [6, 6.07) is 17.7. The first-order chi connectivity index (χ1) is 17.8. The normalized spacial score (nSPS) is 18.4. The molecule has 2 aromatic heterocycles. The minimum absolute atomic E-state index is 0.00620. The highest BCUT2D eigenvalue weighted by molar-refractivity contribution is 5.89. The minimum atomic E-state index is -0.309. The van der Waals surface area contributed by atoms with Crippen LogP contribution in [0.25, 0.3) is 15.9 Å². The van der Waals surface area contributed by atoms with Crippen LogP contribution in [0.1, 0.15) is 31.0 Å². The lowest BCUT2D eigenvalue weighted by Gasteiger charge is -2.48. The van der Waals surface area contributed by atoms with Crippen LogP contribution in [-0.2, 0) is 7.05 Å². The number of benzene rings is 2. The molecule has 1 fully saturated rings. The van der Waals surface area contributed by atoms with Gasteiger partial charge >= 0.3 is 0 Å². The topological polar surface area (TPSA) is 45.7 Å². The van der Waals surface area contributed by atoms with Gasteiger partial charge in [0.2, 0.25) is 5.52 Å². The van der Waals surface area contributed by atoms with E-state index >= 15 is 0 Å². The summed E-state index contributed by atoms with van der Waals surface area (Å²) in [7, 11) is 1.70. The predicted molar refractivity (Wildman–Crippen MR) is 141 cm³/mol. The van der Waals surface area contributed by atoms with Gasteiger partial charge in [-0.2, -0.15) is 0 Å². The molecular formula is C29H27F2N5O. The number of piperazine rings is 1. The summed E-state index contributed by atoms with van der Waals surface area (Å²) in [4.78, 5) is 25.4. The molecule has 0 radical (unpaired) electrons. The average molecular weight is 500 g/mol. The van der Waals surface area contributed by atoms with Gasteiger partial charge in [-0.25, -0.2) is 8.78 Å². The molecule has 5 rings (SSSR count). The first kappa shape index (κ1) is 24.6. The number of anilines is 1. The summed E-state index contributed by atoms with van der Waals surface area (Å²) in [5, 5.41) is 0. The van der Waals surface area contributed by atoms with Crippen molar-refractivity contribution in [2.24, 2.45) is 7.05 Å². The van der Waals surface area contributed by atoms with Crippen molar-refractivity contribution in [3.63, 3.8) is 0 Å². The first-order valence-corrected chi connectivity index (χ1v) is 12.2. The Hall–Kier alpha value is -4.09. The molecule has 1 aliphatic rings. The summed E-state index contributed by atoms with van der Waals surface area (Å²) < 4.78 is 29.0. The molecule has 4 aromatic rings. The summed E-state index contributed by atoms with van der Waals surface area (Å²) in [5.41, 5.74) is 3.70. The van der Waals surface area contributed by atoms with Gasteiger partial charge in [0.05, 0.1) is 17.2 Å². The second-order valence-electron chi connectivity index (χ2n) is 9.63. The number of rotatable bonds is 4. The zero-order valence-electron chi connectivity index (χ0n) is 20.9. The molecule has 0 bridgehead atoms. The monoisotopic (exact) mass is 499 g/mol. The molecule has 6 nitrogen and oxygen atoms in total. The number of nitrogens with zero attached hydrogens (tertiary/aromatic N) is 5. The Morgan fingerprint density at radius 1 is 0.919 bits per heavy atom. The lowest BCUT2D eigenvalue weighted by molar-refractivity contribution is 0.130. The highest BCUT2D eigenvalue weighted by Gasteiger charge is 2.36. The lowest BCUT2D eigenvalue weighted by Crippen LogP contribution is -2.57. The molecular weight excluding hydrogens is 472 g/mol. The molecule has 0 N–H and O–H groups in total. The second kappa shape index (κ2) is 9.75. The quantitative estimate of drug-likeness (QED) is 0.350. The molecule has 1 saturated heterocycles. The van der Waals surface area contributed by atoms with E-state index in [0.717, 1.165) is 11.1 Å². The number of hydrogen-bond donors (Lipinski definition) is 0. The van der Waals surface area contributed by atoms with Crippen LogP contribution in [0.2, 0.25) is 0 Å². The van der Waals surface area contributed by atoms with Crippen LogP contribution in [0.4, 0.5) is 20.3 Å². The summed E-state index contributed by atoms with van der Waals surface area (Å²) in [5.74, 6) is -0.340. The van der Waals surface area contributed by atoms with Gasteiger partial charge in [-0.1, -0.05) is 30.8 Å². The van der Waals surface area contributed by atoms with Gasteiger partial charge in [-0.05, 0) is 61.4 Å². The van der Waals surface area contributed by atoms with Crippen molar-refractivity contribution in [3.8, 4) is 0 Å². The number of hydrogen-bond acceptors (Lipinski definition) is 4. The number of aryl methyl sites for hydroxylation is 1. The van der Waals surface area contributed by atoms with Crippen molar-refractivity contribution >= 4 is 22.5 Å². The summed E-state index contributed by atoms with van der Waals surface area (Å²) in [6.45, 7) is 12.8. The highest BCUT2D eigenvalue weighted by Crippen LogP contribution is 2.36. The molecule has 0 unspecified atom stereocenters. The molecule has 37 heavy (non-hydrogen) atoms. The number of halogens is 2. The minimum Gasteiger partial charge on any atom is -0.362 e. The number of pyridine rings is 2. The molecule has 0 amide bonds. The lowest BCUT2D eigenvalue weighted by atomic mass is 9.93. The van der Waals surface area contributed by atoms with E-state index in [9.17, 15) is 13.6 Å². The van der Waals surface area contributed by atoms with Gasteiger partial charge in [0.25, 0.3) is 11.4 Å². The van der Waals surface area contributed by atoms with Crippen LogP contribution in [-0.4, -0.2) is 39.6 Å². The molecule has 0 saturated carbocycles. The third-order valence-electron chi connectivity index (χ3n) is 7.22. The maximum absolute atomic E-state index is 13.7. The van der Waals surface area contributed by atoms with Crippen LogP contribution in [0, 0.1) is 18.2 Å². The first-order valence-electron chi connectivity index (χ1n) is 12.2. The zero-order valence-corrected chi connectivity index (χ0v) is 20.9. The van der Waals surface area contributed by atoms with E-state index < -0.39 is 0 Å². The van der Waals surface area contributed by atoms with E-state index in [-0.39, 0.29) is 41.1 Å². The van der Waals surface area contributed by atoms with Crippen LogP contribution >= 0.6 is 0 Å². The van der Waals surface area contributed by atoms with Gasteiger partial charge in [0, 0.05) is 38.3 Å². The average Bonchev–Trinajstić information content (AvgIpc) is 2.90. The number of fused-ring (bicyclic) bond motifs is 1. The largest absolute Gasteiger partial charge is 0.362 e. The van der Waals surface area contributed by atoms with Crippen molar-refractivity contribution in [1.82, 2.24) is 14.5 Å². The van der Waals surface area contributed by atoms with Crippen molar-refractivity contribution in [2.75, 3.05) is 18.0 Å². The maximum Gasteiger partial charge on any atom is 0.270 e. The summed E-state index contributed by atoms with van der Waals surface area (Å²) in [6.07, 6.45) is 0. The Bertz CT molecular complexity index is 1500. The second-order valence-corrected chi connectivity index (χ2v) is 9.63. The molecule has 3 heterocycles. The molecule has 2 aromatic carbocycles. The fourth-order valence-corrected chi connectivity index (χ4v) is 5.30. The van der Waals surface area contributed by atoms with Gasteiger partial charge < -0.3 is 14.3 Å². The van der Waals surface area contributed by atoms with E-state index in [1.54, 1.807) is 54.1 Å². The van der Waals surface area contributed by atoms with Crippen LogP contribution in [0.5, 0.6) is 0 Å². The van der Waals surface area contributed by atoms with Gasteiger partial charge in [0.1, 0.15) is 11.6 Å². The molecule has 188 valence electrons. The SMILES string of the molecule is [C-]#[N+]c1ccc2c(n1)c(N1C[C@H](C)N(C(c3ccc(F)cc3)c3ccc(F)cc3)C[C@H]1C)cc(=O)n2C. The van der Waals surface area contributed by atoms with E-state index in [4.69, 9.17) is 6.57 Å².